The average molecular weight is 405 g/mol. The minimum atomic E-state index is -0.183. The molecule has 0 spiro atoms. The van der Waals surface area contributed by atoms with Crippen molar-refractivity contribution in [3.8, 4) is 11.5 Å². The van der Waals surface area contributed by atoms with E-state index in [1.54, 1.807) is 31.3 Å². The minimum absolute atomic E-state index is 0.137. The van der Waals surface area contributed by atoms with Crippen molar-refractivity contribution < 1.29 is 24.0 Å². The third-order valence-electron chi connectivity index (χ3n) is 4.33. The van der Waals surface area contributed by atoms with Gasteiger partial charge in [-0.3, -0.25) is 9.59 Å². The Morgan fingerprint density at radius 2 is 1.75 bits per heavy atom. The molecule has 0 aliphatic carbocycles. The van der Waals surface area contributed by atoms with Crippen LogP contribution in [0.2, 0.25) is 5.02 Å². The second-order valence-corrected chi connectivity index (χ2v) is 7.20. The van der Waals surface area contributed by atoms with Crippen molar-refractivity contribution >= 4 is 29.1 Å². The van der Waals surface area contributed by atoms with Crippen molar-refractivity contribution in [1.82, 2.24) is 5.32 Å². The smallest absolute Gasteiger partial charge is 0.279 e. The number of anilines is 1. The number of carbonyl (C=O) groups is 2. The van der Waals surface area contributed by atoms with Gasteiger partial charge in [-0.1, -0.05) is 17.7 Å². The first-order chi connectivity index (χ1) is 13.4. The van der Waals surface area contributed by atoms with E-state index >= 15 is 0 Å². The molecule has 1 heterocycles. The molecule has 0 aromatic heterocycles. The Balaban J connectivity index is 1.45. The number of fused-ring (bicyclic) bond motifs is 1. The lowest BCUT2D eigenvalue weighted by atomic mass is 10.1. The SMILES string of the molecule is C[C@@H](NC(=O)C[NH+](C)CC(=O)Nc1ccc(Cl)cc1)c1ccc2c(c1)OCO2. The number of amides is 2. The van der Waals surface area contributed by atoms with Gasteiger partial charge in [-0.2, -0.15) is 0 Å². The zero-order valence-corrected chi connectivity index (χ0v) is 16.5. The van der Waals surface area contributed by atoms with Crippen molar-refractivity contribution in [2.75, 3.05) is 32.2 Å². The molecule has 0 radical (unpaired) electrons. The normalized spacial score (nSPS) is 14.2. The lowest BCUT2D eigenvalue weighted by molar-refractivity contribution is -0.862. The van der Waals surface area contributed by atoms with Gasteiger partial charge in [0.2, 0.25) is 6.79 Å². The van der Waals surface area contributed by atoms with Gasteiger partial charge in [-0.15, -0.1) is 0 Å². The van der Waals surface area contributed by atoms with Crippen LogP contribution in [-0.4, -0.2) is 38.7 Å². The molecule has 2 amide bonds. The molecule has 2 aromatic carbocycles. The first-order valence-corrected chi connectivity index (χ1v) is 9.34. The highest BCUT2D eigenvalue weighted by Crippen LogP contribution is 2.34. The van der Waals surface area contributed by atoms with Crippen molar-refractivity contribution in [3.63, 3.8) is 0 Å². The molecule has 1 aliphatic rings. The monoisotopic (exact) mass is 404 g/mol. The van der Waals surface area contributed by atoms with Crippen molar-refractivity contribution in [2.24, 2.45) is 0 Å². The standard InChI is InChI=1S/C20H22ClN3O4/c1-13(14-3-8-17-18(9-14)28-12-27-17)22-19(25)10-24(2)11-20(26)23-16-6-4-15(21)5-7-16/h3-9,13H,10-12H2,1-2H3,(H,22,25)(H,23,26)/p+1/t13-/m1/s1. The van der Waals surface area contributed by atoms with Gasteiger partial charge in [0, 0.05) is 10.7 Å². The summed E-state index contributed by atoms with van der Waals surface area (Å²) < 4.78 is 10.7. The first-order valence-electron chi connectivity index (χ1n) is 8.96. The number of nitrogens with one attached hydrogen (secondary N) is 3. The van der Waals surface area contributed by atoms with Gasteiger partial charge in [0.15, 0.2) is 24.6 Å². The predicted octanol–water partition coefficient (Wildman–Crippen LogP) is 1.40. The zero-order valence-electron chi connectivity index (χ0n) is 15.8. The number of hydrogen-bond donors (Lipinski definition) is 3. The van der Waals surface area contributed by atoms with Crippen LogP contribution in [0.5, 0.6) is 11.5 Å². The van der Waals surface area contributed by atoms with Gasteiger partial charge in [-0.25, -0.2) is 0 Å². The highest BCUT2D eigenvalue weighted by molar-refractivity contribution is 6.30. The number of benzene rings is 2. The molecule has 3 N–H and O–H groups in total. The highest BCUT2D eigenvalue weighted by Gasteiger charge is 2.19. The number of likely N-dealkylation sites (N-methyl/N-ethyl adjacent to an activating group) is 1. The molecule has 0 fully saturated rings. The van der Waals surface area contributed by atoms with E-state index in [2.05, 4.69) is 10.6 Å². The third-order valence-corrected chi connectivity index (χ3v) is 4.58. The fourth-order valence-electron chi connectivity index (χ4n) is 2.91. The first kappa shape index (κ1) is 20.0. The molecule has 1 unspecified atom stereocenters. The van der Waals surface area contributed by atoms with E-state index in [-0.39, 0.29) is 37.7 Å². The quantitative estimate of drug-likeness (QED) is 0.651. The highest BCUT2D eigenvalue weighted by atomic mass is 35.5. The van der Waals surface area contributed by atoms with Crippen molar-refractivity contribution in [1.29, 1.82) is 0 Å². The maximum atomic E-state index is 12.3. The summed E-state index contributed by atoms with van der Waals surface area (Å²) in [5.74, 6) is 1.08. The summed E-state index contributed by atoms with van der Waals surface area (Å²) in [6.07, 6.45) is 0. The number of ether oxygens (including phenoxy) is 2. The lowest BCUT2D eigenvalue weighted by Gasteiger charge is -2.17. The van der Waals surface area contributed by atoms with Crippen LogP contribution >= 0.6 is 11.6 Å². The Morgan fingerprint density at radius 3 is 2.50 bits per heavy atom. The summed E-state index contributed by atoms with van der Waals surface area (Å²) in [6.45, 7) is 2.47. The van der Waals surface area contributed by atoms with Crippen LogP contribution in [0, 0.1) is 0 Å². The number of carbonyl (C=O) groups excluding carboxylic acids is 2. The van der Waals surface area contributed by atoms with E-state index in [9.17, 15) is 9.59 Å². The topological polar surface area (TPSA) is 81.1 Å². The Kier molecular flexibility index (Phi) is 6.38. The summed E-state index contributed by atoms with van der Waals surface area (Å²) in [5, 5.41) is 6.34. The lowest BCUT2D eigenvalue weighted by Crippen LogP contribution is -3.11. The molecule has 8 heteroatoms. The average Bonchev–Trinajstić information content (AvgIpc) is 3.10. The fraction of sp³-hybridized carbons (Fsp3) is 0.300. The van der Waals surface area contributed by atoms with Gasteiger partial charge >= 0.3 is 0 Å². The molecule has 0 saturated carbocycles. The van der Waals surface area contributed by atoms with Gasteiger partial charge in [0.1, 0.15) is 0 Å². The largest absolute Gasteiger partial charge is 0.454 e. The van der Waals surface area contributed by atoms with Gasteiger partial charge < -0.3 is 25.0 Å². The zero-order chi connectivity index (χ0) is 20.1. The Labute approximate surface area is 168 Å². The van der Waals surface area contributed by atoms with Crippen LogP contribution in [-0.2, 0) is 9.59 Å². The molecular weight excluding hydrogens is 382 g/mol. The number of rotatable bonds is 7. The molecule has 2 atom stereocenters. The molecule has 3 rings (SSSR count). The summed E-state index contributed by atoms with van der Waals surface area (Å²) in [4.78, 5) is 25.2. The number of hydrogen-bond acceptors (Lipinski definition) is 4. The van der Waals surface area contributed by atoms with Gasteiger partial charge in [0.05, 0.1) is 13.1 Å². The maximum Gasteiger partial charge on any atom is 0.279 e. The van der Waals surface area contributed by atoms with E-state index in [4.69, 9.17) is 21.1 Å². The van der Waals surface area contributed by atoms with E-state index < -0.39 is 0 Å². The number of quaternary nitrogens is 1. The molecule has 148 valence electrons. The summed E-state index contributed by atoms with van der Waals surface area (Å²) in [7, 11) is 1.80. The summed E-state index contributed by atoms with van der Waals surface area (Å²) in [6, 6.07) is 12.3. The Hall–Kier alpha value is -2.77. The van der Waals surface area contributed by atoms with E-state index in [1.807, 2.05) is 25.1 Å². The minimum Gasteiger partial charge on any atom is -0.454 e. The molecular formula is C20H23ClN3O4+. The van der Waals surface area contributed by atoms with E-state index in [0.29, 0.717) is 22.2 Å². The van der Waals surface area contributed by atoms with Crippen LogP contribution in [0.25, 0.3) is 0 Å². The Bertz CT molecular complexity index is 857. The molecule has 28 heavy (non-hydrogen) atoms. The van der Waals surface area contributed by atoms with Gasteiger partial charge in [0.25, 0.3) is 11.8 Å². The van der Waals surface area contributed by atoms with E-state index in [0.717, 1.165) is 10.5 Å². The molecule has 7 nitrogen and oxygen atoms in total. The molecule has 1 aliphatic heterocycles. The summed E-state index contributed by atoms with van der Waals surface area (Å²) >= 11 is 5.83. The second-order valence-electron chi connectivity index (χ2n) is 6.77. The van der Waals surface area contributed by atoms with Crippen LogP contribution < -0.4 is 25.0 Å². The van der Waals surface area contributed by atoms with Gasteiger partial charge in [-0.05, 0) is 48.9 Å². The number of halogens is 1. The molecule has 0 bridgehead atoms. The second kappa shape index (κ2) is 8.95. The maximum absolute atomic E-state index is 12.3. The summed E-state index contributed by atoms with van der Waals surface area (Å²) in [5.41, 5.74) is 1.60. The van der Waals surface area contributed by atoms with Crippen LogP contribution in [0.15, 0.2) is 42.5 Å². The van der Waals surface area contributed by atoms with Crippen molar-refractivity contribution in [3.05, 3.63) is 53.1 Å². The Morgan fingerprint density at radius 1 is 1.07 bits per heavy atom. The van der Waals surface area contributed by atoms with Crippen LogP contribution in [0.3, 0.4) is 0 Å². The fourth-order valence-corrected chi connectivity index (χ4v) is 3.03. The van der Waals surface area contributed by atoms with E-state index in [1.165, 1.54) is 0 Å². The molecule has 2 aromatic rings. The van der Waals surface area contributed by atoms with Crippen molar-refractivity contribution in [2.45, 2.75) is 13.0 Å². The predicted molar refractivity (Wildman–Crippen MR) is 106 cm³/mol. The van der Waals surface area contributed by atoms with Crippen LogP contribution in [0.1, 0.15) is 18.5 Å². The molecule has 0 saturated heterocycles. The van der Waals surface area contributed by atoms with Crippen LogP contribution in [0.4, 0.5) is 5.69 Å². The third kappa shape index (κ3) is 5.37.